The number of hydrogen-bond acceptors (Lipinski definition) is 3. The number of hydrogen-bond donors (Lipinski definition) is 1. The number of rotatable bonds is 6. The summed E-state index contributed by atoms with van der Waals surface area (Å²) in [6.45, 7) is 1.80. The Morgan fingerprint density at radius 2 is 1.87 bits per heavy atom. The molecule has 0 spiro atoms. The average molecular weight is 329 g/mol. The van der Waals surface area contributed by atoms with E-state index >= 15 is 0 Å². The molecule has 23 heavy (non-hydrogen) atoms. The summed E-state index contributed by atoms with van der Waals surface area (Å²) in [5, 5.41) is 4.52. The second kappa shape index (κ2) is 8.76. The first-order valence-corrected chi connectivity index (χ1v) is 7.45. The van der Waals surface area contributed by atoms with E-state index in [0.717, 1.165) is 11.1 Å². The van der Waals surface area contributed by atoms with E-state index in [-0.39, 0.29) is 12.5 Å². The average Bonchev–Trinajstić information content (AvgIpc) is 2.55. The first-order valence-electron chi connectivity index (χ1n) is 7.07. The molecule has 0 bridgehead atoms. The van der Waals surface area contributed by atoms with Crippen molar-refractivity contribution in [3.05, 3.63) is 70.8 Å². The van der Waals surface area contributed by atoms with Crippen LogP contribution in [0.3, 0.4) is 0 Å². The highest BCUT2D eigenvalue weighted by Gasteiger charge is 2.01. The molecule has 5 heteroatoms. The van der Waals surface area contributed by atoms with Gasteiger partial charge in [-0.1, -0.05) is 48.0 Å². The molecule has 0 aromatic heterocycles. The van der Waals surface area contributed by atoms with Gasteiger partial charge in [0, 0.05) is 5.02 Å². The van der Waals surface area contributed by atoms with Crippen LogP contribution in [0.5, 0.6) is 5.75 Å². The molecule has 0 saturated heterocycles. The van der Waals surface area contributed by atoms with Crippen molar-refractivity contribution in [2.24, 2.45) is 5.10 Å². The van der Waals surface area contributed by atoms with Gasteiger partial charge in [0.1, 0.15) is 5.75 Å². The predicted octanol–water partition coefficient (Wildman–Crippen LogP) is 3.92. The minimum Gasteiger partial charge on any atom is -0.484 e. The molecular formula is C18H17ClN2O2. The summed E-state index contributed by atoms with van der Waals surface area (Å²) in [4.78, 5) is 11.6. The molecule has 0 saturated carbocycles. The number of carbonyl (C=O) groups is 1. The van der Waals surface area contributed by atoms with E-state index in [2.05, 4.69) is 10.5 Å². The fourth-order valence-corrected chi connectivity index (χ4v) is 1.89. The predicted molar refractivity (Wildman–Crippen MR) is 93.7 cm³/mol. The Hall–Kier alpha value is -2.59. The van der Waals surface area contributed by atoms with E-state index in [4.69, 9.17) is 16.3 Å². The van der Waals surface area contributed by atoms with Gasteiger partial charge in [0.05, 0.1) is 6.21 Å². The molecule has 2 rings (SSSR count). The Labute approximate surface area is 140 Å². The molecule has 0 unspecified atom stereocenters. The van der Waals surface area contributed by atoms with Crippen molar-refractivity contribution in [2.45, 2.75) is 6.92 Å². The molecule has 118 valence electrons. The maximum atomic E-state index is 11.6. The monoisotopic (exact) mass is 328 g/mol. The van der Waals surface area contributed by atoms with Gasteiger partial charge >= 0.3 is 0 Å². The lowest BCUT2D eigenvalue weighted by Crippen LogP contribution is -2.24. The second-order valence-electron chi connectivity index (χ2n) is 4.83. The highest BCUT2D eigenvalue weighted by atomic mass is 35.5. The molecule has 0 radical (unpaired) electrons. The van der Waals surface area contributed by atoms with Gasteiger partial charge < -0.3 is 4.74 Å². The van der Waals surface area contributed by atoms with Gasteiger partial charge in [-0.25, -0.2) is 5.43 Å². The van der Waals surface area contributed by atoms with Crippen LogP contribution >= 0.6 is 11.6 Å². The maximum absolute atomic E-state index is 11.6. The number of hydrazone groups is 1. The van der Waals surface area contributed by atoms with Crippen molar-refractivity contribution in [3.8, 4) is 5.75 Å². The lowest BCUT2D eigenvalue weighted by atomic mass is 10.1. The molecule has 1 amide bonds. The summed E-state index contributed by atoms with van der Waals surface area (Å²) >= 11 is 5.77. The number of benzene rings is 2. The van der Waals surface area contributed by atoms with Crippen LogP contribution in [0.2, 0.25) is 5.02 Å². The van der Waals surface area contributed by atoms with E-state index in [9.17, 15) is 4.79 Å². The Balaban J connectivity index is 1.77. The third-order valence-electron chi connectivity index (χ3n) is 2.83. The van der Waals surface area contributed by atoms with Crippen molar-refractivity contribution in [1.29, 1.82) is 0 Å². The van der Waals surface area contributed by atoms with E-state index in [1.165, 1.54) is 0 Å². The normalized spacial score (nSPS) is 11.5. The van der Waals surface area contributed by atoms with E-state index < -0.39 is 0 Å². The second-order valence-corrected chi connectivity index (χ2v) is 5.27. The summed E-state index contributed by atoms with van der Waals surface area (Å²) in [7, 11) is 0. The van der Waals surface area contributed by atoms with Crippen LogP contribution in [0.15, 0.2) is 65.3 Å². The number of allylic oxidation sites excluding steroid dienone is 1. The standard InChI is InChI=1S/C18H17ClN2O2/c1-14(11-15-5-3-2-4-6-15)12-20-21-18(22)13-23-17-9-7-16(19)8-10-17/h2-12H,13H2,1H3,(H,21,22). The quantitative estimate of drug-likeness (QED) is 0.645. The molecule has 2 aromatic rings. The molecule has 0 heterocycles. The number of carbonyl (C=O) groups excluding carboxylic acids is 1. The molecule has 4 nitrogen and oxygen atoms in total. The molecule has 0 atom stereocenters. The van der Waals surface area contributed by atoms with Gasteiger partial charge in [-0.05, 0) is 42.3 Å². The summed E-state index contributed by atoms with van der Waals surface area (Å²) in [6.07, 6.45) is 3.56. The van der Waals surface area contributed by atoms with Gasteiger partial charge in [-0.15, -0.1) is 0 Å². The first-order chi connectivity index (χ1) is 11.1. The lowest BCUT2D eigenvalue weighted by molar-refractivity contribution is -0.123. The van der Waals surface area contributed by atoms with Crippen molar-refractivity contribution >= 4 is 29.8 Å². The van der Waals surface area contributed by atoms with Crippen molar-refractivity contribution in [1.82, 2.24) is 5.43 Å². The fourth-order valence-electron chi connectivity index (χ4n) is 1.77. The van der Waals surface area contributed by atoms with Crippen LogP contribution in [0, 0.1) is 0 Å². The molecule has 0 fully saturated rings. The highest BCUT2D eigenvalue weighted by Crippen LogP contribution is 2.15. The topological polar surface area (TPSA) is 50.7 Å². The number of ether oxygens (including phenoxy) is 1. The van der Waals surface area contributed by atoms with Gasteiger partial charge in [0.25, 0.3) is 5.91 Å². The number of amides is 1. The fraction of sp³-hybridized carbons (Fsp3) is 0.111. The van der Waals surface area contributed by atoms with E-state index in [1.807, 2.05) is 43.3 Å². The SMILES string of the molecule is CC(C=NNC(=O)COc1ccc(Cl)cc1)=Cc1ccccc1. The number of nitrogens with one attached hydrogen (secondary N) is 1. The molecule has 0 aliphatic carbocycles. The maximum Gasteiger partial charge on any atom is 0.277 e. The van der Waals surface area contributed by atoms with E-state index in [1.54, 1.807) is 30.5 Å². The van der Waals surface area contributed by atoms with Gasteiger partial charge in [-0.2, -0.15) is 5.10 Å². The minimum atomic E-state index is -0.330. The van der Waals surface area contributed by atoms with Gasteiger partial charge in [0.2, 0.25) is 0 Å². The van der Waals surface area contributed by atoms with Crippen molar-refractivity contribution in [3.63, 3.8) is 0 Å². The molecule has 0 aliphatic rings. The molecule has 2 aromatic carbocycles. The lowest BCUT2D eigenvalue weighted by Gasteiger charge is -2.04. The summed E-state index contributed by atoms with van der Waals surface area (Å²) < 4.78 is 5.32. The van der Waals surface area contributed by atoms with Crippen molar-refractivity contribution in [2.75, 3.05) is 6.61 Å². The van der Waals surface area contributed by atoms with Crippen LogP contribution in [-0.4, -0.2) is 18.7 Å². The summed E-state index contributed by atoms with van der Waals surface area (Å²) in [5.41, 5.74) is 4.42. The third-order valence-corrected chi connectivity index (χ3v) is 3.09. The van der Waals surface area contributed by atoms with Crippen LogP contribution < -0.4 is 10.2 Å². The number of halogens is 1. The minimum absolute atomic E-state index is 0.111. The highest BCUT2D eigenvalue weighted by molar-refractivity contribution is 6.30. The van der Waals surface area contributed by atoms with Crippen LogP contribution in [0.1, 0.15) is 12.5 Å². The zero-order valence-corrected chi connectivity index (χ0v) is 13.5. The zero-order chi connectivity index (χ0) is 16.5. The van der Waals surface area contributed by atoms with E-state index in [0.29, 0.717) is 10.8 Å². The van der Waals surface area contributed by atoms with Gasteiger partial charge in [0.15, 0.2) is 6.61 Å². The van der Waals surface area contributed by atoms with Crippen LogP contribution in [0.25, 0.3) is 6.08 Å². The van der Waals surface area contributed by atoms with Crippen LogP contribution in [-0.2, 0) is 4.79 Å². The molecule has 0 aliphatic heterocycles. The third kappa shape index (κ3) is 6.36. The van der Waals surface area contributed by atoms with Crippen molar-refractivity contribution < 1.29 is 9.53 Å². The summed E-state index contributed by atoms with van der Waals surface area (Å²) in [6, 6.07) is 16.7. The Morgan fingerprint density at radius 1 is 1.17 bits per heavy atom. The van der Waals surface area contributed by atoms with Crippen LogP contribution in [0.4, 0.5) is 0 Å². The van der Waals surface area contributed by atoms with Gasteiger partial charge in [-0.3, -0.25) is 4.79 Å². The molecular weight excluding hydrogens is 312 g/mol. The zero-order valence-electron chi connectivity index (χ0n) is 12.7. The molecule has 1 N–H and O–H groups in total. The first kappa shape index (κ1) is 16.8. The largest absolute Gasteiger partial charge is 0.484 e. The Bertz CT molecular complexity index is 695. The Morgan fingerprint density at radius 3 is 2.57 bits per heavy atom. The summed E-state index contributed by atoms with van der Waals surface area (Å²) in [5.74, 6) is 0.248. The Kier molecular flexibility index (Phi) is 6.39. The number of nitrogens with zero attached hydrogens (tertiary/aromatic N) is 1. The smallest absolute Gasteiger partial charge is 0.277 e.